The fraction of sp³-hybridized carbons (Fsp3) is 0.211. The number of rotatable bonds is 3. The predicted octanol–water partition coefficient (Wildman–Crippen LogP) is 4.89. The van der Waals surface area contributed by atoms with Crippen LogP contribution >= 0.6 is 11.3 Å². The number of hydrogen-bond acceptors (Lipinski definition) is 4. The summed E-state index contributed by atoms with van der Waals surface area (Å²) >= 11 is 1.53. The Morgan fingerprint density at radius 3 is 2.61 bits per heavy atom. The summed E-state index contributed by atoms with van der Waals surface area (Å²) in [5.41, 5.74) is 2.06. The van der Waals surface area contributed by atoms with Gasteiger partial charge in [-0.2, -0.15) is 13.2 Å². The molecule has 0 N–H and O–H groups in total. The van der Waals surface area contributed by atoms with E-state index < -0.39 is 21.8 Å². The number of fused-ring (bicyclic) bond motifs is 1. The maximum absolute atomic E-state index is 13.0. The molecule has 0 spiro atoms. The molecule has 0 bridgehead atoms. The number of anilines is 1. The van der Waals surface area contributed by atoms with Crippen LogP contribution in [0.15, 0.2) is 52.7 Å². The second kappa shape index (κ2) is 6.59. The highest BCUT2D eigenvalue weighted by atomic mass is 32.2. The van der Waals surface area contributed by atoms with Crippen LogP contribution in [0.2, 0.25) is 0 Å². The second-order valence-corrected chi connectivity index (χ2v) is 9.37. The van der Waals surface area contributed by atoms with Crippen LogP contribution in [-0.4, -0.2) is 19.9 Å². The van der Waals surface area contributed by atoms with Gasteiger partial charge in [-0.05, 0) is 49.2 Å². The third kappa shape index (κ3) is 3.29. The van der Waals surface area contributed by atoms with E-state index in [1.54, 1.807) is 12.1 Å². The van der Waals surface area contributed by atoms with Crippen LogP contribution in [0.25, 0.3) is 11.3 Å². The highest BCUT2D eigenvalue weighted by Crippen LogP contribution is 2.37. The Morgan fingerprint density at radius 2 is 1.93 bits per heavy atom. The SMILES string of the molecule is Cc1nc(-c2ccc3c(c2)CCN3S(=O)(=O)c2cccc(C(F)(F)F)c2)cs1. The first-order valence-corrected chi connectivity index (χ1v) is 10.7. The van der Waals surface area contributed by atoms with E-state index in [-0.39, 0.29) is 11.4 Å². The molecule has 1 aliphatic rings. The lowest BCUT2D eigenvalue weighted by atomic mass is 10.1. The van der Waals surface area contributed by atoms with Crippen molar-refractivity contribution < 1.29 is 21.6 Å². The third-order valence-electron chi connectivity index (χ3n) is 4.60. The summed E-state index contributed by atoms with van der Waals surface area (Å²) in [7, 11) is -4.09. The van der Waals surface area contributed by atoms with E-state index in [2.05, 4.69) is 4.98 Å². The molecule has 1 aliphatic heterocycles. The quantitative estimate of drug-likeness (QED) is 0.602. The normalized spacial score (nSPS) is 14.4. The van der Waals surface area contributed by atoms with Crippen LogP contribution in [-0.2, 0) is 22.6 Å². The maximum atomic E-state index is 13.0. The zero-order chi connectivity index (χ0) is 20.1. The molecule has 0 unspecified atom stereocenters. The minimum atomic E-state index is -4.60. The van der Waals surface area contributed by atoms with E-state index >= 15 is 0 Å². The number of sulfonamides is 1. The molecule has 0 amide bonds. The Hall–Kier alpha value is -2.39. The maximum Gasteiger partial charge on any atom is 0.416 e. The van der Waals surface area contributed by atoms with Crippen molar-refractivity contribution in [2.24, 2.45) is 0 Å². The smallest absolute Gasteiger partial charge is 0.266 e. The Bertz CT molecular complexity index is 1150. The molecule has 1 aromatic heterocycles. The molecule has 4 nitrogen and oxygen atoms in total. The predicted molar refractivity (Wildman–Crippen MR) is 102 cm³/mol. The van der Waals surface area contributed by atoms with Crippen LogP contribution in [0.3, 0.4) is 0 Å². The van der Waals surface area contributed by atoms with Gasteiger partial charge in [-0.15, -0.1) is 11.3 Å². The largest absolute Gasteiger partial charge is 0.416 e. The van der Waals surface area contributed by atoms with Gasteiger partial charge in [-0.1, -0.05) is 12.1 Å². The molecular formula is C19H15F3N2O2S2. The first-order valence-electron chi connectivity index (χ1n) is 8.42. The van der Waals surface area contributed by atoms with Crippen molar-refractivity contribution in [3.63, 3.8) is 0 Å². The van der Waals surface area contributed by atoms with E-state index in [1.165, 1.54) is 21.7 Å². The van der Waals surface area contributed by atoms with E-state index in [9.17, 15) is 21.6 Å². The van der Waals surface area contributed by atoms with Crippen molar-refractivity contribution in [3.8, 4) is 11.3 Å². The zero-order valence-corrected chi connectivity index (χ0v) is 16.3. The molecule has 0 fully saturated rings. The Labute approximate surface area is 164 Å². The molecule has 2 heterocycles. The molecule has 9 heteroatoms. The third-order valence-corrected chi connectivity index (χ3v) is 7.18. The molecule has 3 aromatic rings. The molecular weight excluding hydrogens is 409 g/mol. The fourth-order valence-electron chi connectivity index (χ4n) is 3.24. The van der Waals surface area contributed by atoms with Crippen molar-refractivity contribution in [1.82, 2.24) is 4.98 Å². The average molecular weight is 424 g/mol. The summed E-state index contributed by atoms with van der Waals surface area (Å²) in [6.07, 6.45) is -4.11. The number of aryl methyl sites for hydroxylation is 1. The lowest BCUT2D eigenvalue weighted by molar-refractivity contribution is -0.137. The second-order valence-electron chi connectivity index (χ2n) is 6.45. The van der Waals surface area contributed by atoms with E-state index in [1.807, 2.05) is 18.4 Å². The van der Waals surface area contributed by atoms with Gasteiger partial charge in [0.1, 0.15) is 0 Å². The van der Waals surface area contributed by atoms with Gasteiger partial charge in [0.25, 0.3) is 10.0 Å². The summed E-state index contributed by atoms with van der Waals surface area (Å²) in [4.78, 5) is 4.07. The van der Waals surface area contributed by atoms with Crippen molar-refractivity contribution >= 4 is 27.0 Å². The standard InChI is InChI=1S/C19H15F3N2O2S2/c1-12-23-17(11-27-12)13-5-6-18-14(9-13)7-8-24(18)28(25,26)16-4-2-3-15(10-16)19(20,21)22/h2-6,9-11H,7-8H2,1H3. The minimum absolute atomic E-state index is 0.188. The number of benzene rings is 2. The Kier molecular flexibility index (Phi) is 4.46. The molecule has 0 atom stereocenters. The monoisotopic (exact) mass is 424 g/mol. The topological polar surface area (TPSA) is 50.3 Å². The summed E-state index contributed by atoms with van der Waals surface area (Å²) in [6, 6.07) is 9.21. The van der Waals surface area contributed by atoms with Crippen LogP contribution in [0.1, 0.15) is 16.1 Å². The Balaban J connectivity index is 1.71. The first-order chi connectivity index (χ1) is 13.2. The molecule has 0 saturated carbocycles. The summed E-state index contributed by atoms with van der Waals surface area (Å²) in [5, 5.41) is 2.87. The number of alkyl halides is 3. The van der Waals surface area contributed by atoms with Crippen LogP contribution in [0.4, 0.5) is 18.9 Å². The molecule has 2 aromatic carbocycles. The van der Waals surface area contributed by atoms with E-state index in [0.717, 1.165) is 34.0 Å². The fourth-order valence-corrected chi connectivity index (χ4v) is 5.41. The van der Waals surface area contributed by atoms with Gasteiger partial charge in [0.05, 0.1) is 26.8 Å². The summed E-state index contributed by atoms with van der Waals surface area (Å²) in [6.45, 7) is 2.10. The van der Waals surface area contributed by atoms with Crippen molar-refractivity contribution in [2.45, 2.75) is 24.4 Å². The van der Waals surface area contributed by atoms with Crippen LogP contribution in [0, 0.1) is 6.92 Å². The molecule has 0 saturated heterocycles. The Morgan fingerprint density at radius 1 is 1.14 bits per heavy atom. The lowest BCUT2D eigenvalue weighted by Gasteiger charge is -2.20. The summed E-state index contributed by atoms with van der Waals surface area (Å²) in [5.74, 6) is 0. The lowest BCUT2D eigenvalue weighted by Crippen LogP contribution is -2.29. The highest BCUT2D eigenvalue weighted by molar-refractivity contribution is 7.92. The van der Waals surface area contributed by atoms with Gasteiger partial charge in [0, 0.05) is 17.5 Å². The molecule has 28 heavy (non-hydrogen) atoms. The molecule has 146 valence electrons. The summed E-state index contributed by atoms with van der Waals surface area (Å²) < 4.78 is 66.0. The van der Waals surface area contributed by atoms with E-state index in [0.29, 0.717) is 18.2 Å². The number of nitrogens with zero attached hydrogens (tertiary/aromatic N) is 2. The highest BCUT2D eigenvalue weighted by Gasteiger charge is 2.35. The number of hydrogen-bond donors (Lipinski definition) is 0. The minimum Gasteiger partial charge on any atom is -0.266 e. The van der Waals surface area contributed by atoms with Gasteiger partial charge in [0.2, 0.25) is 0 Å². The zero-order valence-electron chi connectivity index (χ0n) is 14.7. The molecule has 0 aliphatic carbocycles. The van der Waals surface area contributed by atoms with Crippen molar-refractivity contribution in [3.05, 3.63) is 64.0 Å². The van der Waals surface area contributed by atoms with Crippen LogP contribution < -0.4 is 4.31 Å². The average Bonchev–Trinajstić information content (AvgIpc) is 3.27. The van der Waals surface area contributed by atoms with Gasteiger partial charge < -0.3 is 0 Å². The van der Waals surface area contributed by atoms with Crippen molar-refractivity contribution in [1.29, 1.82) is 0 Å². The number of thiazole rings is 1. The first kappa shape index (κ1) is 18.9. The van der Waals surface area contributed by atoms with Crippen LogP contribution in [0.5, 0.6) is 0 Å². The van der Waals surface area contributed by atoms with E-state index in [4.69, 9.17) is 0 Å². The van der Waals surface area contributed by atoms with Gasteiger partial charge >= 0.3 is 6.18 Å². The van der Waals surface area contributed by atoms with Gasteiger partial charge in [0.15, 0.2) is 0 Å². The molecule has 4 rings (SSSR count). The number of halogens is 3. The van der Waals surface area contributed by atoms with Gasteiger partial charge in [-0.3, -0.25) is 4.31 Å². The number of aromatic nitrogens is 1. The van der Waals surface area contributed by atoms with Crippen molar-refractivity contribution in [2.75, 3.05) is 10.8 Å². The molecule has 0 radical (unpaired) electrons. The van der Waals surface area contributed by atoms with Gasteiger partial charge in [-0.25, -0.2) is 13.4 Å².